The Morgan fingerprint density at radius 1 is 1.07 bits per heavy atom. The lowest BCUT2D eigenvalue weighted by atomic mass is 9.78. The molecule has 0 unspecified atom stereocenters. The van der Waals surface area contributed by atoms with Crippen molar-refractivity contribution in [2.75, 3.05) is 13.1 Å². The Kier molecular flexibility index (Phi) is 5.81. The van der Waals surface area contributed by atoms with E-state index < -0.39 is 0 Å². The zero-order chi connectivity index (χ0) is 18.7. The van der Waals surface area contributed by atoms with Crippen molar-refractivity contribution in [3.05, 3.63) is 12.2 Å². The van der Waals surface area contributed by atoms with Gasteiger partial charge in [-0.15, -0.1) is 10.2 Å². The molecule has 1 saturated heterocycles. The quantitative estimate of drug-likeness (QED) is 0.853. The predicted octanol–water partition coefficient (Wildman–Crippen LogP) is 3.76. The Bertz CT molecular complexity index is 624. The van der Waals surface area contributed by atoms with Gasteiger partial charge in [-0.05, 0) is 58.5 Å². The number of likely N-dealkylation sites (tertiary alicyclic amines) is 1. The second kappa shape index (κ2) is 8.29. The highest BCUT2D eigenvalue weighted by Gasteiger charge is 2.45. The van der Waals surface area contributed by atoms with Crippen LogP contribution in [0.3, 0.4) is 0 Å². The first-order chi connectivity index (χ1) is 13.2. The minimum Gasteiger partial charge on any atom is -0.345 e. The highest BCUT2D eigenvalue weighted by Crippen LogP contribution is 2.37. The fourth-order valence-electron chi connectivity index (χ4n) is 5.57. The molecule has 2 aliphatic carbocycles. The number of nitrogens with zero attached hydrogens (tertiary/aromatic N) is 4. The summed E-state index contributed by atoms with van der Waals surface area (Å²) in [5, 5.41) is 11.9. The van der Waals surface area contributed by atoms with E-state index in [1.165, 1.54) is 51.4 Å². The molecule has 150 valence electrons. The largest absolute Gasteiger partial charge is 0.345 e. The van der Waals surface area contributed by atoms with Gasteiger partial charge in [0.05, 0.1) is 6.04 Å². The van der Waals surface area contributed by atoms with Gasteiger partial charge in [0, 0.05) is 6.04 Å². The fourth-order valence-corrected chi connectivity index (χ4v) is 5.57. The maximum atomic E-state index is 13.5. The summed E-state index contributed by atoms with van der Waals surface area (Å²) >= 11 is 0. The van der Waals surface area contributed by atoms with Crippen LogP contribution in [0, 0.1) is 0 Å². The van der Waals surface area contributed by atoms with Gasteiger partial charge in [-0.1, -0.05) is 38.5 Å². The number of nitrogens with one attached hydrogen (secondary N) is 1. The topological polar surface area (TPSA) is 63.1 Å². The first kappa shape index (κ1) is 18.9. The SMILES string of the molecule is C[C@H](NC(=O)C1(N2CCCCC2)CCCCC1)c1nncn1C1CCCC1. The van der Waals surface area contributed by atoms with E-state index in [1.54, 1.807) is 0 Å². The third kappa shape index (κ3) is 3.78. The van der Waals surface area contributed by atoms with Gasteiger partial charge in [-0.2, -0.15) is 0 Å². The Balaban J connectivity index is 1.50. The third-order valence-corrected chi connectivity index (χ3v) is 7.12. The molecule has 0 bridgehead atoms. The lowest BCUT2D eigenvalue weighted by Gasteiger charge is -2.47. The van der Waals surface area contributed by atoms with E-state index in [2.05, 4.69) is 31.9 Å². The van der Waals surface area contributed by atoms with Crippen LogP contribution >= 0.6 is 0 Å². The van der Waals surface area contributed by atoms with Crippen molar-refractivity contribution >= 4 is 5.91 Å². The van der Waals surface area contributed by atoms with Gasteiger partial charge in [0.1, 0.15) is 11.9 Å². The summed E-state index contributed by atoms with van der Waals surface area (Å²) in [5.74, 6) is 1.14. The van der Waals surface area contributed by atoms with E-state index in [-0.39, 0.29) is 17.5 Å². The van der Waals surface area contributed by atoms with E-state index in [4.69, 9.17) is 0 Å². The summed E-state index contributed by atoms with van der Waals surface area (Å²) in [6.45, 7) is 4.21. The molecule has 1 aromatic heterocycles. The summed E-state index contributed by atoms with van der Waals surface area (Å²) in [4.78, 5) is 16.0. The number of piperidine rings is 1. The fraction of sp³-hybridized carbons (Fsp3) is 0.857. The van der Waals surface area contributed by atoms with Gasteiger partial charge in [-0.25, -0.2) is 0 Å². The number of hydrogen-bond acceptors (Lipinski definition) is 4. The van der Waals surface area contributed by atoms with Crippen LogP contribution in [0.4, 0.5) is 0 Å². The van der Waals surface area contributed by atoms with Crippen molar-refractivity contribution in [3.8, 4) is 0 Å². The second-order valence-corrected chi connectivity index (χ2v) is 8.87. The molecular weight excluding hydrogens is 338 g/mol. The normalized spacial score (nSPS) is 25.4. The van der Waals surface area contributed by atoms with Gasteiger partial charge in [0.15, 0.2) is 5.82 Å². The predicted molar refractivity (Wildman–Crippen MR) is 105 cm³/mol. The maximum Gasteiger partial charge on any atom is 0.241 e. The number of aromatic nitrogens is 3. The molecule has 2 heterocycles. The van der Waals surface area contributed by atoms with Crippen LogP contribution in [0.25, 0.3) is 0 Å². The Morgan fingerprint density at radius 3 is 2.44 bits per heavy atom. The summed E-state index contributed by atoms with van der Waals surface area (Å²) in [7, 11) is 0. The van der Waals surface area contributed by atoms with Gasteiger partial charge >= 0.3 is 0 Å². The lowest BCUT2D eigenvalue weighted by molar-refractivity contribution is -0.138. The Labute approximate surface area is 163 Å². The number of carbonyl (C=O) groups excluding carboxylic acids is 1. The Hall–Kier alpha value is -1.43. The van der Waals surface area contributed by atoms with Crippen molar-refractivity contribution in [1.82, 2.24) is 25.0 Å². The van der Waals surface area contributed by atoms with Crippen LogP contribution < -0.4 is 5.32 Å². The summed E-state index contributed by atoms with van der Waals surface area (Å²) in [6, 6.07) is 0.407. The second-order valence-electron chi connectivity index (χ2n) is 8.87. The minimum atomic E-state index is -0.300. The van der Waals surface area contributed by atoms with Crippen molar-refractivity contribution in [3.63, 3.8) is 0 Å². The van der Waals surface area contributed by atoms with E-state index in [0.717, 1.165) is 44.6 Å². The van der Waals surface area contributed by atoms with Crippen LogP contribution in [0.2, 0.25) is 0 Å². The molecule has 1 amide bonds. The van der Waals surface area contributed by atoms with Crippen LogP contribution in [-0.4, -0.2) is 44.2 Å². The third-order valence-electron chi connectivity index (χ3n) is 7.12. The molecule has 1 aliphatic heterocycles. The van der Waals surface area contributed by atoms with Crippen molar-refractivity contribution < 1.29 is 4.79 Å². The molecule has 0 radical (unpaired) electrons. The highest BCUT2D eigenvalue weighted by atomic mass is 16.2. The minimum absolute atomic E-state index is 0.0933. The molecule has 1 aromatic rings. The molecule has 2 saturated carbocycles. The molecule has 0 spiro atoms. The zero-order valence-corrected chi connectivity index (χ0v) is 16.8. The van der Waals surface area contributed by atoms with Gasteiger partial charge < -0.3 is 9.88 Å². The number of carbonyl (C=O) groups is 1. The van der Waals surface area contributed by atoms with Gasteiger partial charge in [0.25, 0.3) is 0 Å². The molecule has 27 heavy (non-hydrogen) atoms. The lowest BCUT2D eigenvalue weighted by Crippen LogP contribution is -2.61. The first-order valence-corrected chi connectivity index (χ1v) is 11.2. The van der Waals surface area contributed by atoms with Crippen LogP contribution in [-0.2, 0) is 4.79 Å². The zero-order valence-electron chi connectivity index (χ0n) is 16.8. The van der Waals surface area contributed by atoms with Gasteiger partial charge in [-0.3, -0.25) is 9.69 Å². The molecule has 6 nitrogen and oxygen atoms in total. The van der Waals surface area contributed by atoms with E-state index in [9.17, 15) is 4.79 Å². The molecule has 0 aromatic carbocycles. The highest BCUT2D eigenvalue weighted by molar-refractivity contribution is 5.86. The molecule has 4 rings (SSSR count). The van der Waals surface area contributed by atoms with Crippen molar-refractivity contribution in [2.45, 2.75) is 102 Å². The maximum absolute atomic E-state index is 13.5. The van der Waals surface area contributed by atoms with E-state index in [1.807, 2.05) is 6.33 Å². The Morgan fingerprint density at radius 2 is 1.74 bits per heavy atom. The number of amides is 1. The standard InChI is InChI=1S/C21H35N5O/c1-17(19-24-22-16-26(19)18-10-4-5-11-18)23-20(27)21(12-6-2-7-13-21)25-14-8-3-9-15-25/h16-18H,2-15H2,1H3,(H,23,27)/t17-/m0/s1. The van der Waals surface area contributed by atoms with Crippen molar-refractivity contribution in [1.29, 1.82) is 0 Å². The summed E-state index contributed by atoms with van der Waals surface area (Å²) < 4.78 is 2.21. The molecule has 1 atom stereocenters. The monoisotopic (exact) mass is 373 g/mol. The molecule has 3 aliphatic rings. The van der Waals surface area contributed by atoms with E-state index >= 15 is 0 Å². The first-order valence-electron chi connectivity index (χ1n) is 11.2. The average Bonchev–Trinajstić information content (AvgIpc) is 3.40. The number of rotatable bonds is 5. The summed E-state index contributed by atoms with van der Waals surface area (Å²) in [6.07, 6.45) is 16.1. The number of hydrogen-bond donors (Lipinski definition) is 1. The van der Waals surface area contributed by atoms with Crippen LogP contribution in [0.5, 0.6) is 0 Å². The van der Waals surface area contributed by atoms with Crippen LogP contribution in [0.15, 0.2) is 6.33 Å². The smallest absolute Gasteiger partial charge is 0.241 e. The molecule has 6 heteroatoms. The summed E-state index contributed by atoms with van der Waals surface area (Å²) in [5.41, 5.74) is -0.300. The average molecular weight is 374 g/mol. The van der Waals surface area contributed by atoms with E-state index in [0.29, 0.717) is 6.04 Å². The van der Waals surface area contributed by atoms with Crippen molar-refractivity contribution in [2.24, 2.45) is 0 Å². The van der Waals surface area contributed by atoms with Crippen LogP contribution in [0.1, 0.15) is 102 Å². The molecular formula is C21H35N5O. The molecule has 3 fully saturated rings. The van der Waals surface area contributed by atoms with Gasteiger partial charge in [0.2, 0.25) is 5.91 Å². The molecule has 1 N–H and O–H groups in total.